The van der Waals surface area contributed by atoms with E-state index in [1.165, 1.54) is 18.6 Å². The highest BCUT2D eigenvalue weighted by atomic mass is 16.5. The third-order valence-electron chi connectivity index (χ3n) is 6.05. The molecule has 2 aromatic rings. The number of nitrogens with zero attached hydrogens (tertiary/aromatic N) is 1. The molecule has 0 aromatic heterocycles. The maximum Gasteiger partial charge on any atom is 0.338 e. The number of nitrogens with two attached hydrogens (primary N) is 1. The molecule has 2 atom stereocenters. The van der Waals surface area contributed by atoms with E-state index in [9.17, 15) is 19.5 Å². The fourth-order valence-electron chi connectivity index (χ4n) is 4.40. The van der Waals surface area contributed by atoms with Crippen LogP contribution in [0.1, 0.15) is 76.8 Å². The van der Waals surface area contributed by atoms with Crippen LogP contribution >= 0.6 is 0 Å². The number of primary amides is 1. The van der Waals surface area contributed by atoms with Gasteiger partial charge >= 0.3 is 11.9 Å². The monoisotopic (exact) mass is 438 g/mol. The van der Waals surface area contributed by atoms with E-state index in [0.717, 1.165) is 37.2 Å². The number of carboxylic acid groups (broad SMARTS) is 1. The minimum Gasteiger partial charge on any atom is -0.478 e. The van der Waals surface area contributed by atoms with Gasteiger partial charge in [0.05, 0.1) is 23.7 Å². The molecule has 1 amide bonds. The van der Waals surface area contributed by atoms with E-state index < -0.39 is 23.8 Å². The second-order valence-electron chi connectivity index (χ2n) is 8.14. The van der Waals surface area contributed by atoms with E-state index in [2.05, 4.69) is 4.90 Å². The number of ether oxygens (including phenoxy) is 1. The largest absolute Gasteiger partial charge is 0.478 e. The molecule has 7 heteroatoms. The van der Waals surface area contributed by atoms with Gasteiger partial charge in [0.2, 0.25) is 5.91 Å². The molecule has 1 heterocycles. The van der Waals surface area contributed by atoms with E-state index in [-0.39, 0.29) is 18.1 Å². The highest BCUT2D eigenvalue weighted by Crippen LogP contribution is 2.39. The first kappa shape index (κ1) is 23.3. The maximum absolute atomic E-state index is 12.5. The number of benzene rings is 2. The summed E-state index contributed by atoms with van der Waals surface area (Å²) in [5.41, 5.74) is 8.86. The van der Waals surface area contributed by atoms with Crippen molar-refractivity contribution in [1.29, 1.82) is 0 Å². The standard InChI is InChI=1S/C25H30N2O5/c1-3-32-25(31)19-11-12-21(27-13-5-4-6-14-27)20(15-19)16(2)22(23(26)28)17-7-9-18(10-8-17)24(29)30/h7-12,15-16,22H,3-6,13-14H2,1-2H3,(H2,26,28)(H,29,30). The number of hydrogen-bond acceptors (Lipinski definition) is 5. The molecule has 2 aromatic carbocycles. The van der Waals surface area contributed by atoms with Gasteiger partial charge in [-0.2, -0.15) is 0 Å². The molecule has 3 rings (SSSR count). The summed E-state index contributed by atoms with van der Waals surface area (Å²) in [6.07, 6.45) is 3.36. The van der Waals surface area contributed by atoms with Gasteiger partial charge in [-0.15, -0.1) is 0 Å². The van der Waals surface area contributed by atoms with Crippen LogP contribution in [0.4, 0.5) is 5.69 Å². The molecule has 0 bridgehead atoms. The molecular formula is C25H30N2O5. The number of carbonyl (C=O) groups excluding carboxylic acids is 2. The molecule has 32 heavy (non-hydrogen) atoms. The average molecular weight is 439 g/mol. The smallest absolute Gasteiger partial charge is 0.338 e. The van der Waals surface area contributed by atoms with Gasteiger partial charge in [0.15, 0.2) is 0 Å². The van der Waals surface area contributed by atoms with Crippen molar-refractivity contribution >= 4 is 23.5 Å². The van der Waals surface area contributed by atoms with Gasteiger partial charge in [-0.3, -0.25) is 4.79 Å². The van der Waals surface area contributed by atoms with Crippen molar-refractivity contribution < 1.29 is 24.2 Å². The number of anilines is 1. The predicted octanol–water partition coefficient (Wildman–Crippen LogP) is 3.92. The van der Waals surface area contributed by atoms with Crippen molar-refractivity contribution in [1.82, 2.24) is 0 Å². The number of hydrogen-bond donors (Lipinski definition) is 2. The number of carbonyl (C=O) groups is 3. The molecule has 0 spiro atoms. The molecule has 1 aliphatic heterocycles. The SMILES string of the molecule is CCOC(=O)c1ccc(N2CCCCC2)c(C(C)C(C(N)=O)c2ccc(C(=O)O)cc2)c1. The number of rotatable bonds is 8. The molecule has 3 N–H and O–H groups in total. The van der Waals surface area contributed by atoms with Crippen LogP contribution in [0, 0.1) is 0 Å². The predicted molar refractivity (Wildman–Crippen MR) is 122 cm³/mol. The van der Waals surface area contributed by atoms with Crippen molar-refractivity contribution in [3.8, 4) is 0 Å². The Kier molecular flexibility index (Phi) is 7.51. The van der Waals surface area contributed by atoms with Gasteiger partial charge in [0.1, 0.15) is 0 Å². The summed E-state index contributed by atoms with van der Waals surface area (Å²) < 4.78 is 5.18. The Morgan fingerprint density at radius 2 is 1.66 bits per heavy atom. The normalized spacial score (nSPS) is 15.6. The Hall–Kier alpha value is -3.35. The van der Waals surface area contributed by atoms with Crippen molar-refractivity contribution in [3.05, 3.63) is 64.7 Å². The zero-order valence-electron chi connectivity index (χ0n) is 18.5. The number of piperidine rings is 1. The summed E-state index contributed by atoms with van der Waals surface area (Å²) >= 11 is 0. The summed E-state index contributed by atoms with van der Waals surface area (Å²) in [4.78, 5) is 38.4. The summed E-state index contributed by atoms with van der Waals surface area (Å²) in [7, 11) is 0. The van der Waals surface area contributed by atoms with Crippen LogP contribution in [0.25, 0.3) is 0 Å². The first-order valence-corrected chi connectivity index (χ1v) is 11.0. The minimum atomic E-state index is -1.03. The highest BCUT2D eigenvalue weighted by Gasteiger charge is 2.30. The quantitative estimate of drug-likeness (QED) is 0.605. The molecule has 0 aliphatic carbocycles. The zero-order valence-corrected chi connectivity index (χ0v) is 18.5. The molecule has 0 saturated carbocycles. The average Bonchev–Trinajstić information content (AvgIpc) is 2.79. The lowest BCUT2D eigenvalue weighted by Crippen LogP contribution is -2.32. The summed E-state index contributed by atoms with van der Waals surface area (Å²) in [6, 6.07) is 11.7. The van der Waals surface area contributed by atoms with Gasteiger partial charge in [0.25, 0.3) is 0 Å². The number of esters is 1. The topological polar surface area (TPSA) is 110 Å². The maximum atomic E-state index is 12.5. The Bertz CT molecular complexity index is 980. The minimum absolute atomic E-state index is 0.142. The van der Waals surface area contributed by atoms with Crippen LogP contribution in [-0.4, -0.2) is 42.6 Å². The lowest BCUT2D eigenvalue weighted by Gasteiger charge is -2.33. The van der Waals surface area contributed by atoms with Crippen molar-refractivity contribution in [2.45, 2.75) is 44.9 Å². The van der Waals surface area contributed by atoms with Crippen LogP contribution in [0.3, 0.4) is 0 Å². The highest BCUT2D eigenvalue weighted by molar-refractivity contribution is 5.91. The lowest BCUT2D eigenvalue weighted by atomic mass is 9.80. The number of amides is 1. The zero-order chi connectivity index (χ0) is 23.3. The molecule has 1 fully saturated rings. The fourth-order valence-corrected chi connectivity index (χ4v) is 4.40. The second-order valence-corrected chi connectivity index (χ2v) is 8.14. The summed E-state index contributed by atoms with van der Waals surface area (Å²) in [5, 5.41) is 9.18. The molecule has 1 aliphatic rings. The molecule has 170 valence electrons. The van der Waals surface area contributed by atoms with E-state index in [0.29, 0.717) is 11.1 Å². The Morgan fingerprint density at radius 3 is 2.22 bits per heavy atom. The van der Waals surface area contributed by atoms with Crippen molar-refractivity contribution in [2.24, 2.45) is 5.73 Å². The van der Waals surface area contributed by atoms with Crippen LogP contribution in [0.5, 0.6) is 0 Å². The van der Waals surface area contributed by atoms with E-state index in [1.54, 1.807) is 31.2 Å². The first-order valence-electron chi connectivity index (χ1n) is 11.0. The Morgan fingerprint density at radius 1 is 1.03 bits per heavy atom. The molecule has 1 saturated heterocycles. The Labute approximate surface area is 188 Å². The van der Waals surface area contributed by atoms with E-state index in [4.69, 9.17) is 10.5 Å². The van der Waals surface area contributed by atoms with Gasteiger partial charge in [0, 0.05) is 18.8 Å². The summed E-state index contributed by atoms with van der Waals surface area (Å²) in [5.74, 6) is -2.97. The van der Waals surface area contributed by atoms with E-state index in [1.807, 2.05) is 13.0 Å². The van der Waals surface area contributed by atoms with Gasteiger partial charge in [-0.1, -0.05) is 19.1 Å². The van der Waals surface area contributed by atoms with Crippen LogP contribution in [0.15, 0.2) is 42.5 Å². The van der Waals surface area contributed by atoms with Crippen LogP contribution < -0.4 is 10.6 Å². The fraction of sp³-hybridized carbons (Fsp3) is 0.400. The van der Waals surface area contributed by atoms with Crippen LogP contribution in [0.2, 0.25) is 0 Å². The summed E-state index contributed by atoms with van der Waals surface area (Å²) in [6.45, 7) is 5.77. The van der Waals surface area contributed by atoms with Gasteiger partial charge in [-0.05, 0) is 73.6 Å². The first-order chi connectivity index (χ1) is 15.3. The third kappa shape index (κ3) is 5.10. The number of aromatic carboxylic acids is 1. The molecule has 7 nitrogen and oxygen atoms in total. The van der Waals surface area contributed by atoms with Crippen LogP contribution in [-0.2, 0) is 9.53 Å². The van der Waals surface area contributed by atoms with Gasteiger partial charge in [-0.25, -0.2) is 9.59 Å². The third-order valence-corrected chi connectivity index (χ3v) is 6.05. The molecular weight excluding hydrogens is 408 g/mol. The number of carboxylic acids is 1. The molecule has 0 radical (unpaired) electrons. The van der Waals surface area contributed by atoms with Gasteiger partial charge < -0.3 is 20.5 Å². The van der Waals surface area contributed by atoms with Crippen molar-refractivity contribution in [3.63, 3.8) is 0 Å². The Balaban J connectivity index is 2.05. The van der Waals surface area contributed by atoms with E-state index >= 15 is 0 Å². The second kappa shape index (κ2) is 10.3. The van der Waals surface area contributed by atoms with Crippen molar-refractivity contribution in [2.75, 3.05) is 24.6 Å². The lowest BCUT2D eigenvalue weighted by molar-refractivity contribution is -0.119. The molecule has 2 unspecified atom stereocenters.